The van der Waals surface area contributed by atoms with E-state index in [1.165, 1.54) is 6.20 Å². The number of halogens is 2. The van der Waals surface area contributed by atoms with Gasteiger partial charge in [-0.15, -0.1) is 0 Å². The van der Waals surface area contributed by atoms with Crippen molar-refractivity contribution in [2.75, 3.05) is 11.9 Å². The van der Waals surface area contributed by atoms with Gasteiger partial charge in [0.1, 0.15) is 11.6 Å². The van der Waals surface area contributed by atoms with Crippen molar-refractivity contribution in [2.24, 2.45) is 0 Å². The molecule has 2 N–H and O–H groups in total. The molecule has 3 rings (SSSR count). The summed E-state index contributed by atoms with van der Waals surface area (Å²) in [5.41, 5.74) is 1.80. The zero-order valence-corrected chi connectivity index (χ0v) is 16.6. The monoisotopic (exact) mass is 413 g/mol. The van der Waals surface area contributed by atoms with Gasteiger partial charge in [-0.25, -0.2) is 8.78 Å². The van der Waals surface area contributed by atoms with Crippen LogP contribution in [0.5, 0.6) is 0 Å². The number of amides is 2. The van der Waals surface area contributed by atoms with Crippen molar-refractivity contribution in [1.82, 2.24) is 20.1 Å². The van der Waals surface area contributed by atoms with Gasteiger partial charge < -0.3 is 10.6 Å². The SMILES string of the molecule is Cc1cc(C)n(CCNC(=O)c2cc(NC(=O)Cc3cccnc3)c(F)cc2F)n1. The lowest BCUT2D eigenvalue weighted by Gasteiger charge is -2.11. The zero-order valence-electron chi connectivity index (χ0n) is 16.6. The molecule has 0 aliphatic heterocycles. The van der Waals surface area contributed by atoms with Crippen molar-refractivity contribution in [2.45, 2.75) is 26.8 Å². The lowest BCUT2D eigenvalue weighted by Crippen LogP contribution is -2.29. The van der Waals surface area contributed by atoms with E-state index in [2.05, 4.69) is 20.7 Å². The molecule has 0 unspecified atom stereocenters. The third-order valence-corrected chi connectivity index (χ3v) is 4.38. The Morgan fingerprint density at radius 1 is 1.13 bits per heavy atom. The van der Waals surface area contributed by atoms with Crippen LogP contribution in [0.4, 0.5) is 14.5 Å². The predicted molar refractivity (Wildman–Crippen MR) is 107 cm³/mol. The summed E-state index contributed by atoms with van der Waals surface area (Å²) in [7, 11) is 0. The van der Waals surface area contributed by atoms with E-state index in [9.17, 15) is 18.4 Å². The molecule has 0 radical (unpaired) electrons. The van der Waals surface area contributed by atoms with Crippen molar-refractivity contribution < 1.29 is 18.4 Å². The molecule has 0 bridgehead atoms. The molecule has 0 aliphatic carbocycles. The Labute approximate surface area is 172 Å². The van der Waals surface area contributed by atoms with Crippen LogP contribution in [0.3, 0.4) is 0 Å². The van der Waals surface area contributed by atoms with Gasteiger partial charge in [-0.3, -0.25) is 19.3 Å². The Kier molecular flexibility index (Phi) is 6.51. The van der Waals surface area contributed by atoms with E-state index in [-0.39, 0.29) is 24.2 Å². The number of nitrogens with one attached hydrogen (secondary N) is 2. The third kappa shape index (κ3) is 5.25. The summed E-state index contributed by atoms with van der Waals surface area (Å²) in [6.45, 7) is 4.37. The average Bonchev–Trinajstić information content (AvgIpc) is 3.01. The van der Waals surface area contributed by atoms with E-state index >= 15 is 0 Å². The number of nitrogens with zero attached hydrogens (tertiary/aromatic N) is 3. The van der Waals surface area contributed by atoms with Crippen LogP contribution >= 0.6 is 0 Å². The second-order valence-corrected chi connectivity index (χ2v) is 6.80. The molecule has 0 saturated heterocycles. The standard InChI is InChI=1S/C21H21F2N5O2/c1-13-8-14(2)28(27-13)7-6-25-21(30)16-10-19(18(23)11-17(16)22)26-20(29)9-15-4-3-5-24-12-15/h3-5,8,10-12H,6-7,9H2,1-2H3,(H,25,30)(H,26,29). The number of carbonyl (C=O) groups is 2. The smallest absolute Gasteiger partial charge is 0.254 e. The number of pyridine rings is 1. The molecule has 30 heavy (non-hydrogen) atoms. The summed E-state index contributed by atoms with van der Waals surface area (Å²) >= 11 is 0. The van der Waals surface area contributed by atoms with E-state index in [4.69, 9.17) is 0 Å². The first kappa shape index (κ1) is 21.1. The molecular weight excluding hydrogens is 392 g/mol. The number of anilines is 1. The van der Waals surface area contributed by atoms with Gasteiger partial charge in [0.15, 0.2) is 0 Å². The van der Waals surface area contributed by atoms with Crippen molar-refractivity contribution in [3.05, 3.63) is 76.9 Å². The summed E-state index contributed by atoms with van der Waals surface area (Å²) in [5.74, 6) is -3.20. The molecule has 0 fully saturated rings. The molecule has 9 heteroatoms. The van der Waals surface area contributed by atoms with Gasteiger partial charge in [0, 0.05) is 30.7 Å². The second-order valence-electron chi connectivity index (χ2n) is 6.80. The van der Waals surface area contributed by atoms with Crippen LogP contribution in [0, 0.1) is 25.5 Å². The molecule has 2 amide bonds. The Morgan fingerprint density at radius 2 is 1.93 bits per heavy atom. The van der Waals surface area contributed by atoms with Crippen LogP contribution in [0.2, 0.25) is 0 Å². The Hall–Kier alpha value is -3.62. The number of carbonyl (C=O) groups excluding carboxylic acids is 2. The lowest BCUT2D eigenvalue weighted by molar-refractivity contribution is -0.115. The first-order valence-corrected chi connectivity index (χ1v) is 9.30. The van der Waals surface area contributed by atoms with Gasteiger partial charge in [-0.1, -0.05) is 6.07 Å². The number of benzene rings is 1. The highest BCUT2D eigenvalue weighted by Gasteiger charge is 2.17. The Bertz CT molecular complexity index is 1070. The number of aromatic nitrogens is 3. The van der Waals surface area contributed by atoms with Crippen LogP contribution < -0.4 is 10.6 Å². The van der Waals surface area contributed by atoms with E-state index in [0.29, 0.717) is 18.2 Å². The van der Waals surface area contributed by atoms with Crippen LogP contribution in [0.1, 0.15) is 27.3 Å². The normalized spacial score (nSPS) is 10.7. The molecule has 2 aromatic heterocycles. The highest BCUT2D eigenvalue weighted by molar-refractivity contribution is 5.97. The number of hydrogen-bond acceptors (Lipinski definition) is 4. The molecule has 3 aromatic rings. The van der Waals surface area contributed by atoms with Crippen LogP contribution in [0.25, 0.3) is 0 Å². The second kappa shape index (κ2) is 9.25. The predicted octanol–water partition coefficient (Wildman–Crippen LogP) is 2.78. The minimum Gasteiger partial charge on any atom is -0.350 e. The van der Waals surface area contributed by atoms with Crippen LogP contribution in [-0.4, -0.2) is 33.1 Å². The first-order valence-electron chi connectivity index (χ1n) is 9.30. The number of aryl methyl sites for hydroxylation is 2. The Balaban J connectivity index is 1.65. The van der Waals surface area contributed by atoms with E-state index in [1.54, 1.807) is 23.0 Å². The maximum absolute atomic E-state index is 14.1. The summed E-state index contributed by atoms with van der Waals surface area (Å²) in [6.07, 6.45) is 3.05. The fraction of sp³-hybridized carbons (Fsp3) is 0.238. The van der Waals surface area contributed by atoms with Gasteiger partial charge in [0.05, 0.1) is 29.9 Å². The lowest BCUT2D eigenvalue weighted by atomic mass is 10.1. The summed E-state index contributed by atoms with van der Waals surface area (Å²) in [5, 5.41) is 9.23. The molecular formula is C21H21F2N5O2. The third-order valence-electron chi connectivity index (χ3n) is 4.38. The molecule has 0 aliphatic rings. The molecule has 7 nitrogen and oxygen atoms in total. The minimum atomic E-state index is -1.01. The molecule has 156 valence electrons. The van der Waals surface area contributed by atoms with Gasteiger partial charge >= 0.3 is 0 Å². The maximum atomic E-state index is 14.1. The molecule has 0 saturated carbocycles. The van der Waals surface area contributed by atoms with Gasteiger partial charge in [-0.05, 0) is 37.6 Å². The average molecular weight is 413 g/mol. The summed E-state index contributed by atoms with van der Waals surface area (Å²) in [6, 6.07) is 6.85. The summed E-state index contributed by atoms with van der Waals surface area (Å²) in [4.78, 5) is 28.4. The van der Waals surface area contributed by atoms with Gasteiger partial charge in [0.25, 0.3) is 5.91 Å². The molecule has 2 heterocycles. The first-order chi connectivity index (χ1) is 14.3. The van der Waals surface area contributed by atoms with Gasteiger partial charge in [0.2, 0.25) is 5.91 Å². The zero-order chi connectivity index (χ0) is 21.7. The van der Waals surface area contributed by atoms with Gasteiger partial charge in [-0.2, -0.15) is 5.10 Å². The minimum absolute atomic E-state index is 0.0329. The van der Waals surface area contributed by atoms with Crippen LogP contribution in [-0.2, 0) is 17.8 Å². The fourth-order valence-corrected chi connectivity index (χ4v) is 2.97. The van der Waals surface area contributed by atoms with Crippen molar-refractivity contribution in [1.29, 1.82) is 0 Å². The molecule has 0 spiro atoms. The fourth-order valence-electron chi connectivity index (χ4n) is 2.97. The van der Waals surface area contributed by atoms with E-state index in [0.717, 1.165) is 17.5 Å². The highest BCUT2D eigenvalue weighted by atomic mass is 19.1. The van der Waals surface area contributed by atoms with E-state index in [1.807, 2.05) is 19.9 Å². The van der Waals surface area contributed by atoms with E-state index < -0.39 is 23.4 Å². The topological polar surface area (TPSA) is 88.9 Å². The Morgan fingerprint density at radius 3 is 2.60 bits per heavy atom. The van der Waals surface area contributed by atoms with Crippen molar-refractivity contribution in [3.63, 3.8) is 0 Å². The maximum Gasteiger partial charge on any atom is 0.254 e. The highest BCUT2D eigenvalue weighted by Crippen LogP contribution is 2.20. The number of hydrogen-bond donors (Lipinski definition) is 2. The van der Waals surface area contributed by atoms with Crippen molar-refractivity contribution in [3.8, 4) is 0 Å². The largest absolute Gasteiger partial charge is 0.350 e. The number of rotatable bonds is 7. The quantitative estimate of drug-likeness (QED) is 0.623. The van der Waals surface area contributed by atoms with Crippen molar-refractivity contribution >= 4 is 17.5 Å². The summed E-state index contributed by atoms with van der Waals surface area (Å²) < 4.78 is 30.0. The van der Waals surface area contributed by atoms with Crippen LogP contribution in [0.15, 0.2) is 42.7 Å². The molecule has 0 atom stereocenters. The molecule has 1 aromatic carbocycles.